The number of rotatable bonds is 11. The maximum atomic E-state index is 12.8. The number of benzene rings is 2. The molecule has 0 aliphatic carbocycles. The van der Waals surface area contributed by atoms with Crippen molar-refractivity contribution in [2.45, 2.75) is 33.3 Å². The summed E-state index contributed by atoms with van der Waals surface area (Å²) in [4.78, 5) is 12.8. The Morgan fingerprint density at radius 3 is 2.59 bits per heavy atom. The van der Waals surface area contributed by atoms with E-state index in [0.29, 0.717) is 30.9 Å². The molecule has 7 nitrogen and oxygen atoms in total. The van der Waals surface area contributed by atoms with Crippen LogP contribution in [0.1, 0.15) is 35.0 Å². The predicted molar refractivity (Wildman–Crippen MR) is 124 cm³/mol. The molecular weight excluding hydrogens is 408 g/mol. The molecule has 3 aromatic rings. The lowest BCUT2D eigenvalue weighted by Crippen LogP contribution is -2.86. The van der Waals surface area contributed by atoms with Gasteiger partial charge in [0.1, 0.15) is 25.0 Å². The average molecular weight is 442 g/mol. The summed E-state index contributed by atoms with van der Waals surface area (Å²) in [5.74, 6) is 0.218. The molecule has 0 spiro atoms. The highest BCUT2D eigenvalue weighted by Gasteiger charge is 2.22. The van der Waals surface area contributed by atoms with E-state index in [-0.39, 0.29) is 19.2 Å². The molecule has 1 aromatic heterocycles. The van der Waals surface area contributed by atoms with Crippen LogP contribution in [0.4, 0.5) is 0 Å². The van der Waals surface area contributed by atoms with E-state index in [1.807, 2.05) is 61.6 Å². The van der Waals surface area contributed by atoms with E-state index >= 15 is 0 Å². The molecule has 0 bridgehead atoms. The smallest absolute Gasteiger partial charge is 0.340 e. The fourth-order valence-corrected chi connectivity index (χ4v) is 3.78. The third kappa shape index (κ3) is 5.48. The summed E-state index contributed by atoms with van der Waals surface area (Å²) in [6.07, 6.45) is 0.0610. The number of ether oxygens (including phenoxy) is 2. The first-order chi connectivity index (χ1) is 15.5. The van der Waals surface area contributed by atoms with Crippen molar-refractivity contribution < 1.29 is 29.8 Å². The standard InChI is InChI=1S/C25H32N2O5/c1-4-31-25(30)24-18(3)27(19-8-6-17(2)7-9-19)23-11-10-21(14-22(23)24)32-16-20(29)15-26-12-5-13-28/h6-11,14,20,26,28-29H,4-5,12-13,15-16H2,1-3H3/p+1. The SMILES string of the molecule is CCOC(=O)c1c(C)n(-c2ccc(C)cc2)c2ccc(OCC(O)C[NH2+]CCCO)cc12. The molecule has 1 atom stereocenters. The van der Waals surface area contributed by atoms with Gasteiger partial charge in [-0.1, -0.05) is 17.7 Å². The zero-order valence-corrected chi connectivity index (χ0v) is 19.0. The zero-order chi connectivity index (χ0) is 23.1. The summed E-state index contributed by atoms with van der Waals surface area (Å²) >= 11 is 0. The first-order valence-electron chi connectivity index (χ1n) is 11.1. The molecule has 1 heterocycles. The second-order valence-electron chi connectivity index (χ2n) is 7.89. The quantitative estimate of drug-likeness (QED) is 0.313. The number of aliphatic hydroxyl groups excluding tert-OH is 2. The van der Waals surface area contributed by atoms with Gasteiger partial charge in [0.05, 0.1) is 24.2 Å². The van der Waals surface area contributed by atoms with Crippen molar-refractivity contribution in [3.8, 4) is 11.4 Å². The highest BCUT2D eigenvalue weighted by atomic mass is 16.5. The minimum Gasteiger partial charge on any atom is -0.491 e. The Hall–Kier alpha value is -2.87. The molecule has 0 amide bonds. The number of aromatic nitrogens is 1. The second-order valence-corrected chi connectivity index (χ2v) is 7.89. The molecule has 172 valence electrons. The van der Waals surface area contributed by atoms with Crippen LogP contribution < -0.4 is 10.1 Å². The van der Waals surface area contributed by atoms with Crippen molar-refractivity contribution in [3.05, 3.63) is 59.3 Å². The molecule has 0 saturated carbocycles. The summed E-state index contributed by atoms with van der Waals surface area (Å²) in [7, 11) is 0. The van der Waals surface area contributed by atoms with Gasteiger partial charge in [-0.2, -0.15) is 0 Å². The van der Waals surface area contributed by atoms with Crippen LogP contribution in [-0.2, 0) is 4.74 Å². The highest BCUT2D eigenvalue weighted by Crippen LogP contribution is 2.32. The molecule has 0 aliphatic heterocycles. The van der Waals surface area contributed by atoms with Crippen molar-refractivity contribution in [2.75, 3.05) is 32.9 Å². The average Bonchev–Trinajstić information content (AvgIpc) is 3.07. The first-order valence-corrected chi connectivity index (χ1v) is 11.1. The molecule has 0 fully saturated rings. The van der Waals surface area contributed by atoms with Gasteiger partial charge in [-0.15, -0.1) is 0 Å². The number of aryl methyl sites for hydroxylation is 1. The van der Waals surface area contributed by atoms with Crippen molar-refractivity contribution >= 4 is 16.9 Å². The molecule has 0 saturated heterocycles. The number of nitrogens with two attached hydrogens (primary N) is 1. The molecule has 0 aliphatic rings. The van der Waals surface area contributed by atoms with E-state index in [0.717, 1.165) is 34.4 Å². The monoisotopic (exact) mass is 441 g/mol. The lowest BCUT2D eigenvalue weighted by molar-refractivity contribution is -0.661. The number of hydrogen-bond donors (Lipinski definition) is 3. The van der Waals surface area contributed by atoms with Crippen LogP contribution in [-0.4, -0.2) is 59.8 Å². The van der Waals surface area contributed by atoms with E-state index in [2.05, 4.69) is 4.57 Å². The summed E-state index contributed by atoms with van der Waals surface area (Å²) in [5.41, 5.74) is 4.34. The van der Waals surface area contributed by atoms with Crippen molar-refractivity contribution in [1.82, 2.24) is 4.57 Å². The number of esters is 1. The lowest BCUT2D eigenvalue weighted by atomic mass is 10.1. The van der Waals surface area contributed by atoms with Gasteiger partial charge in [0, 0.05) is 29.8 Å². The van der Waals surface area contributed by atoms with E-state index in [9.17, 15) is 9.90 Å². The van der Waals surface area contributed by atoms with Crippen molar-refractivity contribution in [3.63, 3.8) is 0 Å². The van der Waals surface area contributed by atoms with E-state index in [1.54, 1.807) is 6.92 Å². The molecule has 0 radical (unpaired) electrons. The van der Waals surface area contributed by atoms with Crippen LogP contribution in [0.5, 0.6) is 5.75 Å². The topological polar surface area (TPSA) is 97.5 Å². The summed E-state index contributed by atoms with van der Waals surface area (Å²) in [6.45, 7) is 7.59. The maximum absolute atomic E-state index is 12.8. The fourth-order valence-electron chi connectivity index (χ4n) is 3.78. The van der Waals surface area contributed by atoms with Gasteiger partial charge in [-0.05, 0) is 51.1 Å². The summed E-state index contributed by atoms with van der Waals surface area (Å²) in [6, 6.07) is 13.8. The van der Waals surface area contributed by atoms with Crippen LogP contribution >= 0.6 is 0 Å². The Bertz CT molecular complexity index is 1040. The van der Waals surface area contributed by atoms with Gasteiger partial charge >= 0.3 is 5.97 Å². The molecule has 32 heavy (non-hydrogen) atoms. The zero-order valence-electron chi connectivity index (χ0n) is 19.0. The van der Waals surface area contributed by atoms with E-state index in [4.69, 9.17) is 14.6 Å². The Kier molecular flexibility index (Phi) is 8.27. The van der Waals surface area contributed by atoms with Gasteiger partial charge in [0.2, 0.25) is 0 Å². The first kappa shape index (κ1) is 23.8. The van der Waals surface area contributed by atoms with Crippen LogP contribution in [0.15, 0.2) is 42.5 Å². The highest BCUT2D eigenvalue weighted by molar-refractivity contribution is 6.07. The minimum atomic E-state index is -0.632. The van der Waals surface area contributed by atoms with Crippen molar-refractivity contribution in [1.29, 1.82) is 0 Å². The fraction of sp³-hybridized carbons (Fsp3) is 0.400. The number of quaternary nitrogens is 1. The Morgan fingerprint density at radius 1 is 1.16 bits per heavy atom. The van der Waals surface area contributed by atoms with Crippen LogP contribution in [0.25, 0.3) is 16.6 Å². The van der Waals surface area contributed by atoms with Gasteiger partial charge in [0.15, 0.2) is 0 Å². The Labute approximate surface area is 188 Å². The predicted octanol–water partition coefficient (Wildman–Crippen LogP) is 2.11. The maximum Gasteiger partial charge on any atom is 0.340 e. The largest absolute Gasteiger partial charge is 0.491 e. The Balaban J connectivity index is 1.90. The number of aliphatic hydroxyl groups is 2. The number of hydrogen-bond acceptors (Lipinski definition) is 5. The van der Waals surface area contributed by atoms with Crippen LogP contribution in [0, 0.1) is 13.8 Å². The van der Waals surface area contributed by atoms with Crippen LogP contribution in [0.2, 0.25) is 0 Å². The third-order valence-electron chi connectivity index (χ3n) is 5.39. The normalized spacial score (nSPS) is 12.2. The molecule has 2 aromatic carbocycles. The molecular formula is C25H33N2O5+. The number of carbonyl (C=O) groups is 1. The van der Waals surface area contributed by atoms with E-state index < -0.39 is 6.10 Å². The van der Waals surface area contributed by atoms with Gasteiger partial charge in [-0.25, -0.2) is 4.79 Å². The van der Waals surface area contributed by atoms with Gasteiger partial charge < -0.3 is 29.6 Å². The molecule has 1 unspecified atom stereocenters. The van der Waals surface area contributed by atoms with E-state index in [1.165, 1.54) is 0 Å². The Morgan fingerprint density at radius 2 is 1.91 bits per heavy atom. The molecule has 3 rings (SSSR count). The van der Waals surface area contributed by atoms with Gasteiger partial charge in [0.25, 0.3) is 0 Å². The third-order valence-corrected chi connectivity index (χ3v) is 5.39. The molecule has 4 N–H and O–H groups in total. The second kappa shape index (κ2) is 11.1. The summed E-state index contributed by atoms with van der Waals surface area (Å²) < 4.78 is 13.2. The van der Waals surface area contributed by atoms with Crippen LogP contribution in [0.3, 0.4) is 0 Å². The van der Waals surface area contributed by atoms with Crippen molar-refractivity contribution in [2.24, 2.45) is 0 Å². The van der Waals surface area contributed by atoms with Gasteiger partial charge in [-0.3, -0.25) is 0 Å². The number of fused-ring (bicyclic) bond motifs is 1. The number of nitrogens with zero attached hydrogens (tertiary/aromatic N) is 1. The molecule has 7 heteroatoms. The minimum absolute atomic E-state index is 0.146. The lowest BCUT2D eigenvalue weighted by Gasteiger charge is -2.12. The summed E-state index contributed by atoms with van der Waals surface area (Å²) in [5, 5.41) is 21.7. The number of carbonyl (C=O) groups excluding carboxylic acids is 1.